The van der Waals surface area contributed by atoms with Crippen molar-refractivity contribution in [3.8, 4) is 0 Å². The summed E-state index contributed by atoms with van der Waals surface area (Å²) in [6, 6.07) is 9.24. The van der Waals surface area contributed by atoms with Gasteiger partial charge in [-0.2, -0.15) is 0 Å². The number of anilines is 1. The fourth-order valence-electron chi connectivity index (χ4n) is 2.41. The van der Waals surface area contributed by atoms with Crippen LogP contribution in [0.5, 0.6) is 0 Å². The van der Waals surface area contributed by atoms with Crippen LogP contribution in [0.25, 0.3) is 0 Å². The molecule has 3 N–H and O–H groups in total. The van der Waals surface area contributed by atoms with Crippen molar-refractivity contribution in [2.75, 3.05) is 11.9 Å². The number of hydrogen-bond donors (Lipinski definition) is 2. The molecule has 2 rings (SSSR count). The molecule has 0 aromatic heterocycles. The smallest absolute Gasteiger partial charge is 0.137 e. The largest absolute Gasteiger partial charge is 0.377 e. The van der Waals surface area contributed by atoms with E-state index in [1.165, 1.54) is 28.3 Å². The minimum absolute atomic E-state index is 0.00154. The minimum atomic E-state index is -0.271. The van der Waals surface area contributed by atoms with Crippen LogP contribution in [0.3, 0.4) is 0 Å². The topological polar surface area (TPSA) is 38.0 Å². The molecule has 0 amide bonds. The number of aryl methyl sites for hydroxylation is 3. The second kappa shape index (κ2) is 6.58. The van der Waals surface area contributed by atoms with E-state index in [9.17, 15) is 4.39 Å². The Morgan fingerprint density at radius 1 is 1.10 bits per heavy atom. The highest BCUT2D eigenvalue weighted by molar-refractivity contribution is 9.10. The normalized spacial score (nSPS) is 12.3. The first kappa shape index (κ1) is 16.0. The van der Waals surface area contributed by atoms with E-state index in [-0.39, 0.29) is 11.9 Å². The summed E-state index contributed by atoms with van der Waals surface area (Å²) in [5.74, 6) is -0.271. The molecule has 0 saturated heterocycles. The van der Waals surface area contributed by atoms with Gasteiger partial charge < -0.3 is 11.1 Å². The van der Waals surface area contributed by atoms with Crippen LogP contribution in [0, 0.1) is 26.6 Å². The van der Waals surface area contributed by atoms with Crippen molar-refractivity contribution in [3.05, 3.63) is 62.9 Å². The van der Waals surface area contributed by atoms with Crippen LogP contribution < -0.4 is 11.1 Å². The molecule has 1 atom stereocenters. The molecule has 0 fully saturated rings. The molecule has 2 aromatic rings. The zero-order valence-corrected chi connectivity index (χ0v) is 14.1. The Kier molecular flexibility index (Phi) is 5.01. The lowest BCUT2D eigenvalue weighted by atomic mass is 9.95. The number of rotatable bonds is 4. The summed E-state index contributed by atoms with van der Waals surface area (Å²) < 4.78 is 13.7. The Balaban J connectivity index is 2.31. The van der Waals surface area contributed by atoms with Crippen molar-refractivity contribution in [1.82, 2.24) is 0 Å². The number of benzene rings is 2. The van der Waals surface area contributed by atoms with Gasteiger partial charge in [-0.15, -0.1) is 0 Å². The van der Waals surface area contributed by atoms with Crippen LogP contribution in [0.15, 0.2) is 34.8 Å². The maximum Gasteiger partial charge on any atom is 0.137 e. The van der Waals surface area contributed by atoms with Crippen molar-refractivity contribution in [2.24, 2.45) is 5.73 Å². The van der Waals surface area contributed by atoms with E-state index < -0.39 is 0 Å². The lowest BCUT2D eigenvalue weighted by Gasteiger charge is -2.22. The summed E-state index contributed by atoms with van der Waals surface area (Å²) in [5, 5.41) is 3.38. The van der Waals surface area contributed by atoms with E-state index in [1.54, 1.807) is 12.1 Å². The summed E-state index contributed by atoms with van der Waals surface area (Å²) in [5.41, 5.74) is 11.7. The molecule has 1 unspecified atom stereocenters. The number of hydrogen-bond acceptors (Lipinski definition) is 2. The zero-order chi connectivity index (χ0) is 15.6. The Labute approximate surface area is 133 Å². The van der Waals surface area contributed by atoms with Gasteiger partial charge in [-0.1, -0.05) is 12.1 Å². The number of nitrogens with one attached hydrogen (secondary N) is 1. The molecule has 2 nitrogen and oxygen atoms in total. The molecule has 21 heavy (non-hydrogen) atoms. The molecule has 0 aliphatic rings. The van der Waals surface area contributed by atoms with E-state index in [0.29, 0.717) is 11.0 Å². The van der Waals surface area contributed by atoms with Crippen LogP contribution >= 0.6 is 15.9 Å². The van der Waals surface area contributed by atoms with E-state index >= 15 is 0 Å². The lowest BCUT2D eigenvalue weighted by Crippen LogP contribution is -2.21. The van der Waals surface area contributed by atoms with Crippen LogP contribution in [0.4, 0.5) is 10.1 Å². The Morgan fingerprint density at radius 3 is 2.38 bits per heavy atom. The first-order valence-electron chi connectivity index (χ1n) is 6.91. The van der Waals surface area contributed by atoms with Crippen molar-refractivity contribution < 1.29 is 4.39 Å². The zero-order valence-electron chi connectivity index (χ0n) is 12.5. The second-order valence-corrected chi connectivity index (χ2v) is 6.21. The van der Waals surface area contributed by atoms with E-state index in [2.05, 4.69) is 54.2 Å². The molecular formula is C17H20BrFN2. The van der Waals surface area contributed by atoms with Crippen molar-refractivity contribution in [3.63, 3.8) is 0 Å². The lowest BCUT2D eigenvalue weighted by molar-refractivity contribution is 0.621. The van der Waals surface area contributed by atoms with Gasteiger partial charge in [0.05, 0.1) is 10.5 Å². The predicted octanol–water partition coefficient (Wildman–Crippen LogP) is 4.63. The highest BCUT2D eigenvalue weighted by atomic mass is 79.9. The van der Waals surface area contributed by atoms with Crippen LogP contribution in [-0.4, -0.2) is 6.54 Å². The molecule has 0 saturated carbocycles. The molecule has 4 heteroatoms. The van der Waals surface area contributed by atoms with Gasteiger partial charge in [0.2, 0.25) is 0 Å². The van der Waals surface area contributed by atoms with Crippen LogP contribution in [0.2, 0.25) is 0 Å². The van der Waals surface area contributed by atoms with E-state index in [0.717, 1.165) is 5.69 Å². The highest BCUT2D eigenvalue weighted by Gasteiger charge is 2.14. The average molecular weight is 351 g/mol. The second-order valence-electron chi connectivity index (χ2n) is 5.35. The molecule has 2 aromatic carbocycles. The van der Waals surface area contributed by atoms with Gasteiger partial charge in [0, 0.05) is 12.2 Å². The summed E-state index contributed by atoms with van der Waals surface area (Å²) in [6.07, 6.45) is 0. The van der Waals surface area contributed by atoms with Gasteiger partial charge in [0.15, 0.2) is 0 Å². The monoisotopic (exact) mass is 350 g/mol. The highest BCUT2D eigenvalue weighted by Crippen LogP contribution is 2.27. The Morgan fingerprint density at radius 2 is 1.76 bits per heavy atom. The van der Waals surface area contributed by atoms with Gasteiger partial charge in [-0.05, 0) is 77.2 Å². The minimum Gasteiger partial charge on any atom is -0.377 e. The fourth-order valence-corrected chi connectivity index (χ4v) is 2.79. The molecule has 112 valence electrons. The SMILES string of the molecule is Cc1cc(C)c(C(CN)Nc2ccc(F)c(Br)c2)cc1C. The van der Waals surface area contributed by atoms with E-state index in [1.807, 2.05) is 0 Å². The summed E-state index contributed by atoms with van der Waals surface area (Å²) in [4.78, 5) is 0. The molecule has 0 bridgehead atoms. The third-order valence-corrected chi connectivity index (χ3v) is 4.36. The number of halogens is 2. The molecule has 0 aliphatic heterocycles. The van der Waals surface area contributed by atoms with Crippen molar-refractivity contribution in [1.29, 1.82) is 0 Å². The quantitative estimate of drug-likeness (QED) is 0.843. The van der Waals surface area contributed by atoms with Gasteiger partial charge in [0.1, 0.15) is 5.82 Å². The van der Waals surface area contributed by atoms with Gasteiger partial charge in [0.25, 0.3) is 0 Å². The Hall–Kier alpha value is -1.39. The molecule has 0 heterocycles. The third kappa shape index (κ3) is 3.63. The van der Waals surface area contributed by atoms with Crippen molar-refractivity contribution in [2.45, 2.75) is 26.8 Å². The van der Waals surface area contributed by atoms with Gasteiger partial charge >= 0.3 is 0 Å². The predicted molar refractivity (Wildman–Crippen MR) is 90.2 cm³/mol. The summed E-state index contributed by atoms with van der Waals surface area (Å²) >= 11 is 3.20. The molecule has 0 spiro atoms. The maximum absolute atomic E-state index is 13.3. The van der Waals surface area contributed by atoms with Gasteiger partial charge in [-0.3, -0.25) is 0 Å². The third-order valence-electron chi connectivity index (χ3n) is 3.75. The summed E-state index contributed by atoms with van der Waals surface area (Å²) in [7, 11) is 0. The number of nitrogens with two attached hydrogens (primary N) is 1. The van der Waals surface area contributed by atoms with E-state index in [4.69, 9.17) is 5.73 Å². The summed E-state index contributed by atoms with van der Waals surface area (Å²) in [6.45, 7) is 6.76. The van der Waals surface area contributed by atoms with Crippen LogP contribution in [-0.2, 0) is 0 Å². The Bertz CT molecular complexity index is 655. The fraction of sp³-hybridized carbons (Fsp3) is 0.294. The van der Waals surface area contributed by atoms with Gasteiger partial charge in [-0.25, -0.2) is 4.39 Å². The maximum atomic E-state index is 13.3. The standard InChI is InChI=1S/C17H20BrFN2/c1-10-6-12(3)14(7-11(10)2)17(9-20)21-13-4-5-16(19)15(18)8-13/h4-8,17,21H,9,20H2,1-3H3. The average Bonchev–Trinajstić information content (AvgIpc) is 2.44. The first-order valence-corrected chi connectivity index (χ1v) is 7.71. The first-order chi connectivity index (χ1) is 9.92. The molecule has 0 radical (unpaired) electrons. The van der Waals surface area contributed by atoms with Crippen molar-refractivity contribution >= 4 is 21.6 Å². The molecular weight excluding hydrogens is 331 g/mol. The van der Waals surface area contributed by atoms with Crippen LogP contribution in [0.1, 0.15) is 28.3 Å². The molecule has 0 aliphatic carbocycles.